The minimum atomic E-state index is -0.133. The number of carbonyl (C=O) groups is 2. The number of benzene rings is 2. The molecule has 0 saturated heterocycles. The van der Waals surface area contributed by atoms with Crippen molar-refractivity contribution in [3.63, 3.8) is 0 Å². The summed E-state index contributed by atoms with van der Waals surface area (Å²) in [7, 11) is 1.65. The van der Waals surface area contributed by atoms with Gasteiger partial charge in [0.05, 0.1) is 6.54 Å². The highest BCUT2D eigenvalue weighted by Gasteiger charge is 2.25. The number of hydrogen-bond acceptors (Lipinski definition) is 3. The highest BCUT2D eigenvalue weighted by Crippen LogP contribution is 2.23. The summed E-state index contributed by atoms with van der Waals surface area (Å²) in [5, 5.41) is 0. The molecule has 0 radical (unpaired) electrons. The van der Waals surface area contributed by atoms with Crippen molar-refractivity contribution in [1.29, 1.82) is 0 Å². The van der Waals surface area contributed by atoms with Crippen LogP contribution in [0, 0.1) is 0 Å². The van der Waals surface area contributed by atoms with Crippen LogP contribution >= 0.6 is 0 Å². The van der Waals surface area contributed by atoms with E-state index >= 15 is 0 Å². The SMILES string of the molecule is COCCCN(CC(=O)N(Cc1cccn1Cc1ccccc1)C(C)C)C(=O)c1ccc(C(C)(C)C)cc1. The largest absolute Gasteiger partial charge is 0.385 e. The van der Waals surface area contributed by atoms with Crippen LogP contribution in [0.5, 0.6) is 0 Å². The fourth-order valence-corrected chi connectivity index (χ4v) is 4.46. The van der Waals surface area contributed by atoms with E-state index in [9.17, 15) is 9.59 Å². The van der Waals surface area contributed by atoms with Gasteiger partial charge in [-0.1, -0.05) is 63.2 Å². The minimum Gasteiger partial charge on any atom is -0.385 e. The van der Waals surface area contributed by atoms with E-state index in [0.717, 1.165) is 12.2 Å². The van der Waals surface area contributed by atoms with Crippen molar-refractivity contribution in [2.75, 3.05) is 26.8 Å². The third-order valence-electron chi connectivity index (χ3n) is 6.78. The molecule has 2 aromatic carbocycles. The van der Waals surface area contributed by atoms with Gasteiger partial charge in [-0.05, 0) is 61.1 Å². The Kier molecular flexibility index (Phi) is 10.3. The molecule has 0 bridgehead atoms. The zero-order chi connectivity index (χ0) is 27.7. The average molecular weight is 518 g/mol. The molecular formula is C32H43N3O3. The van der Waals surface area contributed by atoms with Crippen LogP contribution in [0.15, 0.2) is 72.9 Å². The number of hydrogen-bond donors (Lipinski definition) is 0. The molecule has 2 amide bonds. The maximum Gasteiger partial charge on any atom is 0.254 e. The number of methoxy groups -OCH3 is 1. The molecule has 3 rings (SSSR count). The van der Waals surface area contributed by atoms with Crippen LogP contribution in [-0.4, -0.2) is 59.0 Å². The number of amides is 2. The van der Waals surface area contributed by atoms with Crippen LogP contribution in [0.4, 0.5) is 0 Å². The standard InChI is InChI=1S/C32H43N3O3/c1-25(2)35(23-29-14-10-19-33(29)22-26-12-8-7-9-13-26)30(36)24-34(20-11-21-38-6)31(37)27-15-17-28(18-16-27)32(3,4)5/h7-10,12-19,25H,11,20-24H2,1-6H3. The van der Waals surface area contributed by atoms with Crippen LogP contribution in [0.3, 0.4) is 0 Å². The normalized spacial score (nSPS) is 11.6. The third-order valence-corrected chi connectivity index (χ3v) is 6.78. The minimum absolute atomic E-state index is 0.00559. The second kappa shape index (κ2) is 13.4. The van der Waals surface area contributed by atoms with Gasteiger partial charge in [-0.15, -0.1) is 0 Å². The van der Waals surface area contributed by atoms with Crippen molar-refractivity contribution < 1.29 is 14.3 Å². The van der Waals surface area contributed by atoms with Crippen molar-refractivity contribution >= 4 is 11.8 Å². The Morgan fingerprint density at radius 1 is 0.947 bits per heavy atom. The zero-order valence-electron chi connectivity index (χ0n) is 23.8. The Morgan fingerprint density at radius 3 is 2.24 bits per heavy atom. The van der Waals surface area contributed by atoms with Crippen LogP contribution in [-0.2, 0) is 28.0 Å². The Morgan fingerprint density at radius 2 is 1.63 bits per heavy atom. The number of ether oxygens (including phenoxy) is 1. The zero-order valence-corrected chi connectivity index (χ0v) is 23.8. The molecule has 6 nitrogen and oxygen atoms in total. The molecule has 0 spiro atoms. The van der Waals surface area contributed by atoms with Gasteiger partial charge in [0, 0.05) is 50.3 Å². The molecule has 3 aromatic rings. The summed E-state index contributed by atoms with van der Waals surface area (Å²) in [5.41, 5.74) is 4.04. The lowest BCUT2D eigenvalue weighted by molar-refractivity contribution is -0.134. The molecule has 0 aliphatic heterocycles. The van der Waals surface area contributed by atoms with Gasteiger partial charge in [-0.2, -0.15) is 0 Å². The predicted octanol–water partition coefficient (Wildman–Crippen LogP) is 5.75. The monoisotopic (exact) mass is 517 g/mol. The number of carbonyl (C=O) groups excluding carboxylic acids is 2. The summed E-state index contributed by atoms with van der Waals surface area (Å²) >= 11 is 0. The van der Waals surface area contributed by atoms with E-state index < -0.39 is 0 Å². The quantitative estimate of drug-likeness (QED) is 0.288. The van der Waals surface area contributed by atoms with E-state index in [1.54, 1.807) is 12.0 Å². The lowest BCUT2D eigenvalue weighted by Gasteiger charge is -2.31. The van der Waals surface area contributed by atoms with Crippen molar-refractivity contribution in [3.8, 4) is 0 Å². The van der Waals surface area contributed by atoms with Gasteiger partial charge < -0.3 is 19.1 Å². The Hall–Kier alpha value is -3.38. The molecule has 1 aromatic heterocycles. The average Bonchev–Trinajstić information content (AvgIpc) is 3.32. The van der Waals surface area contributed by atoms with E-state index in [1.807, 2.05) is 73.5 Å². The molecule has 0 aliphatic carbocycles. The van der Waals surface area contributed by atoms with Gasteiger partial charge >= 0.3 is 0 Å². The fraction of sp³-hybridized carbons (Fsp3) is 0.438. The summed E-state index contributed by atoms with van der Waals surface area (Å²) in [6.07, 6.45) is 2.71. The summed E-state index contributed by atoms with van der Waals surface area (Å²) in [6.45, 7) is 12.7. The van der Waals surface area contributed by atoms with E-state index in [-0.39, 0.29) is 29.8 Å². The Bertz CT molecular complexity index is 1160. The first kappa shape index (κ1) is 29.2. The van der Waals surface area contributed by atoms with Crippen molar-refractivity contribution in [1.82, 2.24) is 14.4 Å². The van der Waals surface area contributed by atoms with Crippen LogP contribution in [0.2, 0.25) is 0 Å². The molecule has 6 heteroatoms. The number of aromatic nitrogens is 1. The molecule has 0 saturated carbocycles. The van der Waals surface area contributed by atoms with Crippen molar-refractivity contribution in [2.45, 2.75) is 65.6 Å². The van der Waals surface area contributed by atoms with E-state index in [2.05, 4.69) is 43.5 Å². The van der Waals surface area contributed by atoms with Gasteiger partial charge in [0.25, 0.3) is 5.91 Å². The van der Waals surface area contributed by atoms with Gasteiger partial charge in [0.15, 0.2) is 0 Å². The molecule has 0 fully saturated rings. The smallest absolute Gasteiger partial charge is 0.254 e. The second-order valence-electron chi connectivity index (χ2n) is 11.1. The fourth-order valence-electron chi connectivity index (χ4n) is 4.46. The van der Waals surface area contributed by atoms with Crippen LogP contribution < -0.4 is 0 Å². The highest BCUT2D eigenvalue weighted by atomic mass is 16.5. The van der Waals surface area contributed by atoms with Gasteiger partial charge in [-0.3, -0.25) is 9.59 Å². The van der Waals surface area contributed by atoms with Gasteiger partial charge in [0.2, 0.25) is 5.91 Å². The highest BCUT2D eigenvalue weighted by molar-refractivity contribution is 5.96. The molecule has 0 N–H and O–H groups in total. The Balaban J connectivity index is 1.76. The number of rotatable bonds is 12. The van der Waals surface area contributed by atoms with E-state index in [1.165, 1.54) is 11.1 Å². The topological polar surface area (TPSA) is 54.8 Å². The number of nitrogens with zero attached hydrogens (tertiary/aromatic N) is 3. The lowest BCUT2D eigenvalue weighted by atomic mass is 9.86. The first-order valence-corrected chi connectivity index (χ1v) is 13.5. The maximum absolute atomic E-state index is 13.6. The lowest BCUT2D eigenvalue weighted by Crippen LogP contribution is -2.45. The van der Waals surface area contributed by atoms with Crippen LogP contribution in [0.1, 0.15) is 68.2 Å². The first-order valence-electron chi connectivity index (χ1n) is 13.5. The van der Waals surface area contributed by atoms with Crippen molar-refractivity contribution in [3.05, 3.63) is 95.3 Å². The van der Waals surface area contributed by atoms with Crippen molar-refractivity contribution in [2.24, 2.45) is 0 Å². The molecule has 38 heavy (non-hydrogen) atoms. The van der Waals surface area contributed by atoms with E-state index in [0.29, 0.717) is 31.7 Å². The summed E-state index contributed by atoms with van der Waals surface area (Å²) < 4.78 is 7.39. The predicted molar refractivity (Wildman–Crippen MR) is 153 cm³/mol. The van der Waals surface area contributed by atoms with Crippen LogP contribution in [0.25, 0.3) is 0 Å². The second-order valence-corrected chi connectivity index (χ2v) is 11.1. The molecule has 204 valence electrons. The molecular weight excluding hydrogens is 474 g/mol. The van der Waals surface area contributed by atoms with Gasteiger partial charge in [0.1, 0.15) is 6.54 Å². The summed E-state index contributed by atoms with van der Waals surface area (Å²) in [5.74, 6) is -0.199. The molecule has 0 atom stereocenters. The Labute approximate surface area is 228 Å². The summed E-state index contributed by atoms with van der Waals surface area (Å²) in [6, 6.07) is 22.1. The first-order chi connectivity index (χ1) is 18.1. The molecule has 0 unspecified atom stereocenters. The van der Waals surface area contributed by atoms with E-state index in [4.69, 9.17) is 4.74 Å². The molecule has 1 heterocycles. The maximum atomic E-state index is 13.6. The summed E-state index contributed by atoms with van der Waals surface area (Å²) in [4.78, 5) is 30.7. The van der Waals surface area contributed by atoms with Gasteiger partial charge in [-0.25, -0.2) is 0 Å². The third kappa shape index (κ3) is 8.06. The molecule has 0 aliphatic rings.